The predicted molar refractivity (Wildman–Crippen MR) is 46.5 cm³/mol. The van der Waals surface area contributed by atoms with Crippen molar-refractivity contribution >= 4 is 12.4 Å². The molecule has 0 aromatic rings. The van der Waals surface area contributed by atoms with E-state index in [4.69, 9.17) is 10.8 Å². The molecular formula is C8H15NO4. The van der Waals surface area contributed by atoms with Gasteiger partial charge in [-0.3, -0.25) is 0 Å². The Kier molecular flexibility index (Phi) is 4.40. The Bertz CT molecular complexity index is 193. The predicted octanol–water partition coefficient (Wildman–Crippen LogP) is 0.766. The van der Waals surface area contributed by atoms with Crippen molar-refractivity contribution in [1.82, 2.24) is 0 Å². The summed E-state index contributed by atoms with van der Waals surface area (Å²) < 4.78 is 4.63. The molecule has 0 aliphatic heterocycles. The van der Waals surface area contributed by atoms with Crippen LogP contribution >= 0.6 is 0 Å². The lowest BCUT2D eigenvalue weighted by molar-refractivity contribution is -0.109. The van der Waals surface area contributed by atoms with E-state index in [1.54, 1.807) is 13.8 Å². The fraction of sp³-hybridized carbons (Fsp3) is 0.750. The first-order valence-corrected chi connectivity index (χ1v) is 4.03. The Morgan fingerprint density at radius 1 is 1.77 bits per heavy atom. The van der Waals surface area contributed by atoms with Gasteiger partial charge in [-0.1, -0.05) is 0 Å². The zero-order chi connectivity index (χ0) is 10.5. The molecule has 0 aliphatic rings. The maximum absolute atomic E-state index is 10.3. The van der Waals surface area contributed by atoms with Crippen LogP contribution in [0.1, 0.15) is 26.7 Å². The minimum absolute atomic E-state index is 0.241. The zero-order valence-electron chi connectivity index (χ0n) is 7.82. The third-order valence-corrected chi connectivity index (χ3v) is 2.04. The van der Waals surface area contributed by atoms with Gasteiger partial charge in [-0.25, -0.2) is 4.79 Å². The summed E-state index contributed by atoms with van der Waals surface area (Å²) in [5.41, 5.74) is 4.58. The van der Waals surface area contributed by atoms with Gasteiger partial charge in [0.15, 0.2) is 0 Å². The lowest BCUT2D eigenvalue weighted by Crippen LogP contribution is -2.47. The highest BCUT2D eigenvalue weighted by atomic mass is 16.7. The van der Waals surface area contributed by atoms with E-state index < -0.39 is 17.8 Å². The summed E-state index contributed by atoms with van der Waals surface area (Å²) in [6, 6.07) is -0.441. The van der Waals surface area contributed by atoms with Crippen LogP contribution in [-0.4, -0.2) is 29.2 Å². The van der Waals surface area contributed by atoms with Crippen molar-refractivity contribution in [2.24, 2.45) is 5.73 Å². The van der Waals surface area contributed by atoms with Crippen LogP contribution < -0.4 is 5.73 Å². The largest absolute Gasteiger partial charge is 0.506 e. The second kappa shape index (κ2) is 4.81. The first kappa shape index (κ1) is 11.9. The SMILES string of the molecule is CC(N)C(C)(CCC=O)OC(=O)O. The number of carboxylic acid groups (broad SMARTS) is 1. The third kappa shape index (κ3) is 3.89. The monoisotopic (exact) mass is 189 g/mol. The van der Waals surface area contributed by atoms with Crippen LogP contribution in [0.4, 0.5) is 4.79 Å². The molecule has 0 fully saturated rings. The Morgan fingerprint density at radius 2 is 2.31 bits per heavy atom. The number of carbonyl (C=O) groups excluding carboxylic acids is 1. The van der Waals surface area contributed by atoms with Crippen molar-refractivity contribution in [2.45, 2.75) is 38.3 Å². The molecule has 0 aromatic heterocycles. The molecule has 0 saturated carbocycles. The van der Waals surface area contributed by atoms with E-state index in [9.17, 15) is 9.59 Å². The molecule has 0 rings (SSSR count). The second-order valence-electron chi connectivity index (χ2n) is 3.17. The van der Waals surface area contributed by atoms with Gasteiger partial charge in [-0.2, -0.15) is 0 Å². The molecule has 0 saturated heterocycles. The summed E-state index contributed by atoms with van der Waals surface area (Å²) in [5.74, 6) is 0. The van der Waals surface area contributed by atoms with Gasteiger partial charge in [0.1, 0.15) is 11.9 Å². The van der Waals surface area contributed by atoms with Crippen molar-refractivity contribution in [3.63, 3.8) is 0 Å². The number of carbonyl (C=O) groups is 2. The number of nitrogens with two attached hydrogens (primary N) is 1. The molecular weight excluding hydrogens is 174 g/mol. The molecule has 0 amide bonds. The van der Waals surface area contributed by atoms with Crippen molar-refractivity contribution < 1.29 is 19.4 Å². The summed E-state index contributed by atoms with van der Waals surface area (Å²) in [5, 5.41) is 8.43. The minimum atomic E-state index is -1.37. The molecule has 5 nitrogen and oxygen atoms in total. The standard InChI is InChI=1S/C8H15NO4/c1-6(9)8(2,4-3-5-10)13-7(11)12/h5-6H,3-4,9H2,1-2H3,(H,11,12). The summed E-state index contributed by atoms with van der Waals surface area (Å²) >= 11 is 0. The van der Waals surface area contributed by atoms with Crippen LogP contribution in [0.25, 0.3) is 0 Å². The van der Waals surface area contributed by atoms with Crippen LogP contribution in [0.5, 0.6) is 0 Å². The van der Waals surface area contributed by atoms with Crippen molar-refractivity contribution in [3.8, 4) is 0 Å². The van der Waals surface area contributed by atoms with Crippen LogP contribution in [0.15, 0.2) is 0 Å². The average molecular weight is 189 g/mol. The molecule has 0 spiro atoms. The molecule has 76 valence electrons. The van der Waals surface area contributed by atoms with E-state index in [0.29, 0.717) is 12.7 Å². The van der Waals surface area contributed by atoms with Gasteiger partial charge < -0.3 is 20.4 Å². The Balaban J connectivity index is 4.32. The molecule has 0 radical (unpaired) electrons. The number of rotatable bonds is 5. The third-order valence-electron chi connectivity index (χ3n) is 2.04. The molecule has 2 unspecified atom stereocenters. The zero-order valence-corrected chi connectivity index (χ0v) is 7.82. The number of hydrogen-bond acceptors (Lipinski definition) is 4. The molecule has 2 atom stereocenters. The lowest BCUT2D eigenvalue weighted by Gasteiger charge is -2.31. The van der Waals surface area contributed by atoms with Gasteiger partial charge in [-0.05, 0) is 20.3 Å². The Labute approximate surface area is 76.9 Å². The number of aldehydes is 1. The molecule has 0 aromatic carbocycles. The summed E-state index contributed by atoms with van der Waals surface area (Å²) in [7, 11) is 0. The number of hydrogen-bond donors (Lipinski definition) is 2. The number of ether oxygens (including phenoxy) is 1. The summed E-state index contributed by atoms with van der Waals surface area (Å²) in [4.78, 5) is 20.4. The molecule has 13 heavy (non-hydrogen) atoms. The fourth-order valence-corrected chi connectivity index (χ4v) is 0.917. The lowest BCUT2D eigenvalue weighted by atomic mass is 9.93. The quantitative estimate of drug-likeness (QED) is 0.492. The molecule has 0 bridgehead atoms. The summed E-state index contributed by atoms with van der Waals surface area (Å²) in [6.07, 6.45) is -0.108. The first-order valence-electron chi connectivity index (χ1n) is 4.03. The molecule has 3 N–H and O–H groups in total. The first-order chi connectivity index (χ1) is 5.92. The van der Waals surface area contributed by atoms with Crippen molar-refractivity contribution in [3.05, 3.63) is 0 Å². The molecule has 5 heteroatoms. The normalized spacial score (nSPS) is 17.2. The second-order valence-corrected chi connectivity index (χ2v) is 3.17. The average Bonchev–Trinajstić information content (AvgIpc) is 1.99. The maximum atomic E-state index is 10.3. The van der Waals surface area contributed by atoms with E-state index in [-0.39, 0.29) is 6.42 Å². The smallest absolute Gasteiger partial charge is 0.450 e. The highest BCUT2D eigenvalue weighted by molar-refractivity contribution is 5.58. The van der Waals surface area contributed by atoms with Crippen LogP contribution in [0, 0.1) is 0 Å². The van der Waals surface area contributed by atoms with Crippen LogP contribution in [0.3, 0.4) is 0 Å². The maximum Gasteiger partial charge on any atom is 0.506 e. The minimum Gasteiger partial charge on any atom is -0.450 e. The van der Waals surface area contributed by atoms with Gasteiger partial charge in [0.05, 0.1) is 0 Å². The molecule has 0 aliphatic carbocycles. The van der Waals surface area contributed by atoms with Crippen molar-refractivity contribution in [1.29, 1.82) is 0 Å². The van der Waals surface area contributed by atoms with Crippen molar-refractivity contribution in [2.75, 3.05) is 0 Å². The van der Waals surface area contributed by atoms with Gasteiger partial charge in [0, 0.05) is 12.5 Å². The van der Waals surface area contributed by atoms with E-state index in [1.165, 1.54) is 0 Å². The van der Waals surface area contributed by atoms with Gasteiger partial charge >= 0.3 is 6.16 Å². The topological polar surface area (TPSA) is 89.6 Å². The fourth-order valence-electron chi connectivity index (χ4n) is 0.917. The Hall–Kier alpha value is -1.10. The van der Waals surface area contributed by atoms with Gasteiger partial charge in [-0.15, -0.1) is 0 Å². The Morgan fingerprint density at radius 3 is 2.62 bits per heavy atom. The highest BCUT2D eigenvalue weighted by Gasteiger charge is 2.32. The van der Waals surface area contributed by atoms with Crippen LogP contribution in [0.2, 0.25) is 0 Å². The van der Waals surface area contributed by atoms with E-state index in [0.717, 1.165) is 0 Å². The highest BCUT2D eigenvalue weighted by Crippen LogP contribution is 2.20. The molecule has 0 heterocycles. The van der Waals surface area contributed by atoms with E-state index in [2.05, 4.69) is 4.74 Å². The summed E-state index contributed by atoms with van der Waals surface area (Å²) in [6.45, 7) is 3.23. The van der Waals surface area contributed by atoms with E-state index in [1.807, 2.05) is 0 Å². The van der Waals surface area contributed by atoms with Crippen LogP contribution in [-0.2, 0) is 9.53 Å². The van der Waals surface area contributed by atoms with E-state index >= 15 is 0 Å². The van der Waals surface area contributed by atoms with Gasteiger partial charge in [0.2, 0.25) is 0 Å². The van der Waals surface area contributed by atoms with Gasteiger partial charge in [0.25, 0.3) is 0 Å².